The summed E-state index contributed by atoms with van der Waals surface area (Å²) < 4.78 is 11.4. The first-order chi connectivity index (χ1) is 11.7. The van der Waals surface area contributed by atoms with E-state index in [2.05, 4.69) is 4.98 Å². The molecule has 0 unspecified atom stereocenters. The van der Waals surface area contributed by atoms with E-state index in [0.717, 1.165) is 35.3 Å². The second kappa shape index (κ2) is 10.1. The Hall–Kier alpha value is -1.18. The molecular formula is C19H18KNO4. The normalized spacial score (nSPS) is 10.4. The van der Waals surface area contributed by atoms with E-state index >= 15 is 0 Å². The van der Waals surface area contributed by atoms with Gasteiger partial charge in [0, 0.05) is 11.5 Å². The maximum absolute atomic E-state index is 10.3. The zero-order chi connectivity index (χ0) is 16.8. The summed E-state index contributed by atoms with van der Waals surface area (Å²) in [5.41, 5.74) is 2.50. The standard InChI is InChI=1S/C19H19NO4.K/c21-18(22)8-2-1-5-13-23-15-11-9-14(10-12-15)19-20-16-6-3-4-7-17(16)24-19;/h3-4,6-7,9-12H,1-2,5,8,13H2,(H,21,22);/q;+1/p-1. The van der Waals surface area contributed by atoms with Crippen LogP contribution in [0.2, 0.25) is 0 Å². The van der Waals surface area contributed by atoms with Crippen molar-refractivity contribution in [2.75, 3.05) is 6.61 Å². The molecular weight excluding hydrogens is 345 g/mol. The monoisotopic (exact) mass is 363 g/mol. The second-order valence-corrected chi connectivity index (χ2v) is 5.54. The van der Waals surface area contributed by atoms with Gasteiger partial charge in [-0.25, -0.2) is 4.98 Å². The molecule has 1 aromatic heterocycles. The Labute approximate surface area is 188 Å². The van der Waals surface area contributed by atoms with Crippen LogP contribution in [0.15, 0.2) is 52.9 Å². The third kappa shape index (κ3) is 5.93. The van der Waals surface area contributed by atoms with E-state index in [1.807, 2.05) is 48.5 Å². The van der Waals surface area contributed by atoms with Gasteiger partial charge in [-0.2, -0.15) is 0 Å². The maximum Gasteiger partial charge on any atom is 1.00 e. The van der Waals surface area contributed by atoms with E-state index in [4.69, 9.17) is 9.15 Å². The fourth-order valence-electron chi connectivity index (χ4n) is 2.43. The van der Waals surface area contributed by atoms with Gasteiger partial charge in [-0.05, 0) is 62.1 Å². The third-order valence-electron chi connectivity index (χ3n) is 3.69. The molecule has 0 aliphatic heterocycles. The minimum atomic E-state index is -0.995. The predicted molar refractivity (Wildman–Crippen MR) is 88.4 cm³/mol. The Morgan fingerprint density at radius 2 is 1.80 bits per heavy atom. The van der Waals surface area contributed by atoms with Gasteiger partial charge < -0.3 is 19.1 Å². The predicted octanol–water partition coefficient (Wildman–Crippen LogP) is 0.188. The topological polar surface area (TPSA) is 75.4 Å². The van der Waals surface area contributed by atoms with Crippen molar-refractivity contribution in [3.63, 3.8) is 0 Å². The molecule has 0 bridgehead atoms. The molecule has 0 fully saturated rings. The number of benzene rings is 2. The summed E-state index contributed by atoms with van der Waals surface area (Å²) in [4.78, 5) is 14.8. The number of aliphatic carboxylic acids is 1. The van der Waals surface area contributed by atoms with Gasteiger partial charge in [0.05, 0.1) is 6.61 Å². The summed E-state index contributed by atoms with van der Waals surface area (Å²) in [5, 5.41) is 10.3. The van der Waals surface area contributed by atoms with Crippen LogP contribution in [-0.2, 0) is 4.79 Å². The fraction of sp³-hybridized carbons (Fsp3) is 0.263. The molecule has 0 aliphatic carbocycles. The molecule has 0 atom stereocenters. The van der Waals surface area contributed by atoms with Crippen LogP contribution in [0.3, 0.4) is 0 Å². The van der Waals surface area contributed by atoms with Gasteiger partial charge in [0.15, 0.2) is 5.58 Å². The van der Waals surface area contributed by atoms with Gasteiger partial charge in [-0.15, -0.1) is 0 Å². The molecule has 3 rings (SSSR count). The first kappa shape index (κ1) is 20.1. The molecule has 0 radical (unpaired) electrons. The van der Waals surface area contributed by atoms with Crippen LogP contribution < -0.4 is 61.2 Å². The summed E-state index contributed by atoms with van der Waals surface area (Å²) in [7, 11) is 0. The van der Waals surface area contributed by atoms with Crippen molar-refractivity contribution >= 4 is 17.1 Å². The van der Waals surface area contributed by atoms with Crippen molar-refractivity contribution in [1.82, 2.24) is 4.98 Å². The molecule has 2 aromatic carbocycles. The number of carboxylic acid groups (broad SMARTS) is 1. The quantitative estimate of drug-likeness (QED) is 0.422. The fourth-order valence-corrected chi connectivity index (χ4v) is 2.43. The average molecular weight is 363 g/mol. The van der Waals surface area contributed by atoms with E-state index < -0.39 is 5.97 Å². The molecule has 25 heavy (non-hydrogen) atoms. The zero-order valence-corrected chi connectivity index (χ0v) is 17.4. The van der Waals surface area contributed by atoms with Gasteiger partial charge in [-0.3, -0.25) is 0 Å². The molecule has 0 saturated carbocycles. The van der Waals surface area contributed by atoms with E-state index in [-0.39, 0.29) is 57.8 Å². The molecule has 0 aliphatic rings. The molecule has 0 N–H and O–H groups in total. The maximum atomic E-state index is 10.3. The first-order valence-corrected chi connectivity index (χ1v) is 8.01. The number of nitrogens with zero attached hydrogens (tertiary/aromatic N) is 1. The SMILES string of the molecule is O=C([O-])CCCCCOc1ccc(-c2nc3ccccc3o2)cc1.[K+]. The van der Waals surface area contributed by atoms with Crippen LogP contribution >= 0.6 is 0 Å². The van der Waals surface area contributed by atoms with E-state index in [1.165, 1.54) is 0 Å². The van der Waals surface area contributed by atoms with Crippen LogP contribution in [0, 0.1) is 0 Å². The Morgan fingerprint density at radius 1 is 1.04 bits per heavy atom. The number of fused-ring (bicyclic) bond motifs is 1. The number of hydrogen-bond acceptors (Lipinski definition) is 5. The Bertz CT molecular complexity index is 781. The van der Waals surface area contributed by atoms with Gasteiger partial charge in [-0.1, -0.05) is 12.1 Å². The number of oxazole rings is 1. The van der Waals surface area contributed by atoms with Gasteiger partial charge in [0.25, 0.3) is 0 Å². The summed E-state index contributed by atoms with van der Waals surface area (Å²) in [6, 6.07) is 15.2. The van der Waals surface area contributed by atoms with Gasteiger partial charge >= 0.3 is 51.4 Å². The van der Waals surface area contributed by atoms with Crippen molar-refractivity contribution in [1.29, 1.82) is 0 Å². The van der Waals surface area contributed by atoms with Crippen molar-refractivity contribution < 1.29 is 70.4 Å². The van der Waals surface area contributed by atoms with E-state index in [1.54, 1.807) is 0 Å². The largest absolute Gasteiger partial charge is 1.00 e. The van der Waals surface area contributed by atoms with Crippen LogP contribution in [0.1, 0.15) is 25.7 Å². The summed E-state index contributed by atoms with van der Waals surface area (Å²) in [6.45, 7) is 0.565. The average Bonchev–Trinajstić information content (AvgIpc) is 3.02. The number of unbranched alkanes of at least 4 members (excludes halogenated alkanes) is 2. The third-order valence-corrected chi connectivity index (χ3v) is 3.69. The molecule has 0 spiro atoms. The molecule has 1 heterocycles. The number of rotatable bonds is 8. The smallest absolute Gasteiger partial charge is 0.550 e. The zero-order valence-electron chi connectivity index (χ0n) is 14.2. The Kier molecular flexibility index (Phi) is 8.12. The Balaban J connectivity index is 0.00000225. The van der Waals surface area contributed by atoms with Crippen LogP contribution in [0.5, 0.6) is 5.75 Å². The first-order valence-electron chi connectivity index (χ1n) is 8.01. The number of hydrogen-bond donors (Lipinski definition) is 0. The number of ether oxygens (including phenoxy) is 1. The molecule has 0 amide bonds. The minimum absolute atomic E-state index is 0. The molecule has 5 nitrogen and oxygen atoms in total. The number of aromatic nitrogens is 1. The van der Waals surface area contributed by atoms with Crippen LogP contribution in [0.25, 0.3) is 22.6 Å². The summed E-state index contributed by atoms with van der Waals surface area (Å²) >= 11 is 0. The van der Waals surface area contributed by atoms with Crippen molar-refractivity contribution in [2.45, 2.75) is 25.7 Å². The van der Waals surface area contributed by atoms with Crippen molar-refractivity contribution in [3.05, 3.63) is 48.5 Å². The van der Waals surface area contributed by atoms with Crippen molar-refractivity contribution in [2.24, 2.45) is 0 Å². The second-order valence-electron chi connectivity index (χ2n) is 5.54. The van der Waals surface area contributed by atoms with E-state index in [0.29, 0.717) is 18.9 Å². The number of carbonyl (C=O) groups is 1. The summed E-state index contributed by atoms with van der Waals surface area (Å²) in [6.07, 6.45) is 2.37. The van der Waals surface area contributed by atoms with Gasteiger partial charge in [0.2, 0.25) is 5.89 Å². The van der Waals surface area contributed by atoms with Crippen LogP contribution in [-0.4, -0.2) is 17.6 Å². The Morgan fingerprint density at radius 3 is 2.52 bits per heavy atom. The molecule has 6 heteroatoms. The van der Waals surface area contributed by atoms with Crippen LogP contribution in [0.4, 0.5) is 0 Å². The number of para-hydroxylation sites is 2. The number of carbonyl (C=O) groups excluding carboxylic acids is 1. The molecule has 3 aromatic rings. The molecule has 0 saturated heterocycles. The molecule has 124 valence electrons. The summed E-state index contributed by atoms with van der Waals surface area (Å²) in [5.74, 6) is 0.366. The van der Waals surface area contributed by atoms with Crippen molar-refractivity contribution in [3.8, 4) is 17.2 Å². The van der Waals surface area contributed by atoms with E-state index in [9.17, 15) is 9.90 Å². The van der Waals surface area contributed by atoms with Gasteiger partial charge in [0.1, 0.15) is 11.3 Å². The number of carboxylic acids is 1. The minimum Gasteiger partial charge on any atom is -0.550 e.